The van der Waals surface area contributed by atoms with E-state index >= 15 is 0 Å². The molecule has 1 fully saturated rings. The summed E-state index contributed by atoms with van der Waals surface area (Å²) in [4.78, 5) is 34.1. The lowest BCUT2D eigenvalue weighted by molar-refractivity contribution is -0.126. The summed E-state index contributed by atoms with van der Waals surface area (Å²) in [6, 6.07) is 1.50. The molecule has 1 aliphatic heterocycles. The second kappa shape index (κ2) is 8.13. The number of aromatic amines is 1. The monoisotopic (exact) mass is 359 g/mol. The number of amides is 2. The van der Waals surface area contributed by atoms with Crippen molar-refractivity contribution in [1.29, 1.82) is 0 Å². The predicted octanol–water partition coefficient (Wildman–Crippen LogP) is -0.190. The highest BCUT2D eigenvalue weighted by atomic mass is 16.2. The summed E-state index contributed by atoms with van der Waals surface area (Å²) in [5.74, 6) is 0.688. The van der Waals surface area contributed by atoms with Crippen LogP contribution in [0.1, 0.15) is 24.9 Å². The Kier molecular flexibility index (Phi) is 5.67. The topological polar surface area (TPSA) is 108 Å². The van der Waals surface area contributed by atoms with Crippen molar-refractivity contribution < 1.29 is 9.59 Å². The molecule has 9 nitrogen and oxygen atoms in total. The van der Waals surface area contributed by atoms with Gasteiger partial charge in [0.25, 0.3) is 0 Å². The van der Waals surface area contributed by atoms with Crippen LogP contribution in [-0.4, -0.2) is 61.6 Å². The molecule has 0 unspecified atom stereocenters. The Labute approximate surface area is 152 Å². The largest absolute Gasteiger partial charge is 0.355 e. The quantitative estimate of drug-likeness (QED) is 0.635. The van der Waals surface area contributed by atoms with Gasteiger partial charge in [-0.15, -0.1) is 0 Å². The van der Waals surface area contributed by atoms with Crippen molar-refractivity contribution in [3.63, 3.8) is 0 Å². The summed E-state index contributed by atoms with van der Waals surface area (Å²) in [6.07, 6.45) is 5.71. The summed E-state index contributed by atoms with van der Waals surface area (Å²) in [5.41, 5.74) is 0.936. The molecule has 0 bridgehead atoms. The molecular weight excluding hydrogens is 334 g/mol. The summed E-state index contributed by atoms with van der Waals surface area (Å²) in [6.45, 7) is 5.71. The SMILES string of the molecule is CCNC(=O)[C@@H]1C[C@@H](NC(=O)Cn2nccc2C)CN1Cc1ncc[nH]1. The van der Waals surface area contributed by atoms with Crippen molar-refractivity contribution in [1.82, 2.24) is 35.3 Å². The first-order valence-corrected chi connectivity index (χ1v) is 8.84. The molecule has 2 amide bonds. The lowest BCUT2D eigenvalue weighted by atomic mass is 10.1. The highest BCUT2D eigenvalue weighted by Gasteiger charge is 2.37. The summed E-state index contributed by atoms with van der Waals surface area (Å²) >= 11 is 0. The summed E-state index contributed by atoms with van der Waals surface area (Å²) in [5, 5.41) is 10.0. The molecule has 2 atom stereocenters. The van der Waals surface area contributed by atoms with E-state index in [0.29, 0.717) is 26.1 Å². The fraction of sp³-hybridized carbons (Fsp3) is 0.529. The first kappa shape index (κ1) is 18.1. The van der Waals surface area contributed by atoms with E-state index in [0.717, 1.165) is 11.5 Å². The molecule has 0 aromatic carbocycles. The van der Waals surface area contributed by atoms with Crippen LogP contribution in [-0.2, 0) is 22.7 Å². The zero-order valence-corrected chi connectivity index (χ0v) is 15.1. The molecule has 2 aromatic rings. The molecule has 0 spiro atoms. The van der Waals surface area contributed by atoms with Crippen molar-refractivity contribution in [3.05, 3.63) is 36.2 Å². The number of carbonyl (C=O) groups excluding carboxylic acids is 2. The van der Waals surface area contributed by atoms with Crippen LogP contribution in [0.25, 0.3) is 0 Å². The number of imidazole rings is 1. The lowest BCUT2D eigenvalue weighted by Gasteiger charge is -2.22. The lowest BCUT2D eigenvalue weighted by Crippen LogP contribution is -2.42. The fourth-order valence-corrected chi connectivity index (χ4v) is 3.30. The second-order valence-corrected chi connectivity index (χ2v) is 6.51. The number of likely N-dealkylation sites (tertiary alicyclic amines) is 1. The number of nitrogens with one attached hydrogen (secondary N) is 3. The highest BCUT2D eigenvalue weighted by Crippen LogP contribution is 2.20. The summed E-state index contributed by atoms with van der Waals surface area (Å²) < 4.78 is 1.66. The van der Waals surface area contributed by atoms with Gasteiger partial charge in [-0.2, -0.15) is 5.10 Å². The molecular formula is C17H25N7O2. The third kappa shape index (κ3) is 4.29. The first-order valence-electron chi connectivity index (χ1n) is 8.84. The van der Waals surface area contributed by atoms with Crippen molar-refractivity contribution in [2.45, 2.75) is 45.4 Å². The molecule has 140 valence electrons. The Morgan fingerprint density at radius 3 is 2.88 bits per heavy atom. The van der Waals surface area contributed by atoms with E-state index in [-0.39, 0.29) is 30.4 Å². The van der Waals surface area contributed by atoms with E-state index in [4.69, 9.17) is 0 Å². The Bertz CT molecular complexity index is 740. The van der Waals surface area contributed by atoms with Gasteiger partial charge in [0.15, 0.2) is 0 Å². The third-order valence-corrected chi connectivity index (χ3v) is 4.55. The number of likely N-dealkylation sites (N-methyl/N-ethyl adjacent to an activating group) is 1. The number of nitrogens with zero attached hydrogens (tertiary/aromatic N) is 4. The van der Waals surface area contributed by atoms with Crippen molar-refractivity contribution in [3.8, 4) is 0 Å². The standard InChI is InChI=1S/C17H25N7O2/c1-3-18-17(26)14-8-13(9-23(14)10-15-19-6-7-20-15)22-16(25)11-24-12(2)4-5-21-24/h4-7,13-14H,3,8-11H2,1-2H3,(H,18,26)(H,19,20)(H,22,25)/t13-,14+/m1/s1. The Morgan fingerprint density at radius 1 is 1.38 bits per heavy atom. The highest BCUT2D eigenvalue weighted by molar-refractivity contribution is 5.82. The van der Waals surface area contributed by atoms with Crippen molar-refractivity contribution in [2.24, 2.45) is 0 Å². The van der Waals surface area contributed by atoms with Gasteiger partial charge < -0.3 is 15.6 Å². The maximum absolute atomic E-state index is 12.4. The smallest absolute Gasteiger partial charge is 0.242 e. The zero-order chi connectivity index (χ0) is 18.5. The molecule has 0 radical (unpaired) electrons. The summed E-state index contributed by atoms with van der Waals surface area (Å²) in [7, 11) is 0. The van der Waals surface area contributed by atoms with Crippen LogP contribution in [0, 0.1) is 6.92 Å². The van der Waals surface area contributed by atoms with Crippen LogP contribution in [0.2, 0.25) is 0 Å². The normalized spacial score (nSPS) is 20.2. The Morgan fingerprint density at radius 2 is 2.23 bits per heavy atom. The molecule has 1 aliphatic rings. The van der Waals surface area contributed by atoms with E-state index in [1.54, 1.807) is 23.3 Å². The fourth-order valence-electron chi connectivity index (χ4n) is 3.30. The van der Waals surface area contributed by atoms with E-state index in [2.05, 4.69) is 25.7 Å². The maximum atomic E-state index is 12.4. The van der Waals surface area contributed by atoms with E-state index in [9.17, 15) is 9.59 Å². The number of H-pyrrole nitrogens is 1. The van der Waals surface area contributed by atoms with Gasteiger partial charge in [-0.3, -0.25) is 19.2 Å². The minimum absolute atomic E-state index is 0.0151. The molecule has 3 N–H and O–H groups in total. The third-order valence-electron chi connectivity index (χ3n) is 4.55. The van der Waals surface area contributed by atoms with E-state index in [1.807, 2.05) is 24.8 Å². The van der Waals surface area contributed by atoms with Crippen LogP contribution in [0.3, 0.4) is 0 Å². The minimum Gasteiger partial charge on any atom is -0.355 e. The number of carbonyl (C=O) groups is 2. The van der Waals surface area contributed by atoms with Gasteiger partial charge in [0.1, 0.15) is 12.4 Å². The van der Waals surface area contributed by atoms with Gasteiger partial charge in [0.05, 0.1) is 12.6 Å². The number of hydrogen-bond acceptors (Lipinski definition) is 5. The van der Waals surface area contributed by atoms with Crippen LogP contribution in [0.5, 0.6) is 0 Å². The molecule has 1 saturated heterocycles. The molecule has 2 aromatic heterocycles. The maximum Gasteiger partial charge on any atom is 0.242 e. The number of aryl methyl sites for hydroxylation is 1. The molecule has 3 heterocycles. The Hall–Kier alpha value is -2.68. The van der Waals surface area contributed by atoms with Gasteiger partial charge >= 0.3 is 0 Å². The molecule has 26 heavy (non-hydrogen) atoms. The average Bonchev–Trinajstić information content (AvgIpc) is 3.32. The second-order valence-electron chi connectivity index (χ2n) is 6.51. The number of aromatic nitrogens is 4. The van der Waals surface area contributed by atoms with E-state index in [1.165, 1.54) is 0 Å². The zero-order valence-electron chi connectivity index (χ0n) is 15.1. The van der Waals surface area contributed by atoms with Crippen molar-refractivity contribution >= 4 is 11.8 Å². The molecule has 3 rings (SSSR count). The van der Waals surface area contributed by atoms with Gasteiger partial charge in [-0.05, 0) is 26.3 Å². The Balaban J connectivity index is 1.62. The molecule has 9 heteroatoms. The van der Waals surface area contributed by atoms with Crippen LogP contribution in [0.4, 0.5) is 0 Å². The van der Waals surface area contributed by atoms with Crippen LogP contribution < -0.4 is 10.6 Å². The van der Waals surface area contributed by atoms with E-state index < -0.39 is 0 Å². The van der Waals surface area contributed by atoms with Gasteiger partial charge in [-0.1, -0.05) is 0 Å². The van der Waals surface area contributed by atoms with Gasteiger partial charge in [0, 0.05) is 43.4 Å². The van der Waals surface area contributed by atoms with Crippen LogP contribution >= 0.6 is 0 Å². The predicted molar refractivity (Wildman–Crippen MR) is 95.0 cm³/mol. The van der Waals surface area contributed by atoms with Crippen molar-refractivity contribution in [2.75, 3.05) is 13.1 Å². The van der Waals surface area contributed by atoms with Gasteiger partial charge in [-0.25, -0.2) is 4.98 Å². The number of rotatable bonds is 7. The van der Waals surface area contributed by atoms with Gasteiger partial charge in [0.2, 0.25) is 11.8 Å². The van der Waals surface area contributed by atoms with Crippen LogP contribution in [0.15, 0.2) is 24.7 Å². The molecule has 0 saturated carbocycles. The average molecular weight is 359 g/mol. The first-order chi connectivity index (χ1) is 12.6. The number of hydrogen-bond donors (Lipinski definition) is 3. The molecule has 0 aliphatic carbocycles. The minimum atomic E-state index is -0.281.